The van der Waals surface area contributed by atoms with Crippen molar-refractivity contribution in [2.24, 2.45) is 0 Å². The third-order valence-corrected chi connectivity index (χ3v) is 5.85. The van der Waals surface area contributed by atoms with Crippen molar-refractivity contribution in [2.45, 2.75) is 26.2 Å². The van der Waals surface area contributed by atoms with E-state index >= 15 is 0 Å². The van der Waals surface area contributed by atoms with E-state index in [1.807, 2.05) is 51.1 Å². The highest BCUT2D eigenvalue weighted by atomic mass is 16.5. The molecule has 3 amide bonds. The van der Waals surface area contributed by atoms with Gasteiger partial charge in [0.15, 0.2) is 0 Å². The van der Waals surface area contributed by atoms with Gasteiger partial charge in [0.2, 0.25) is 5.91 Å². The van der Waals surface area contributed by atoms with Crippen LogP contribution in [-0.4, -0.2) is 74.8 Å². The van der Waals surface area contributed by atoms with Crippen molar-refractivity contribution in [1.82, 2.24) is 14.7 Å². The number of methoxy groups -OCH3 is 4. The van der Waals surface area contributed by atoms with E-state index in [9.17, 15) is 9.59 Å². The number of carbonyl (C=O) groups is 2. The molecule has 0 spiro atoms. The second kappa shape index (κ2) is 13.0. The van der Waals surface area contributed by atoms with Crippen LogP contribution in [0.3, 0.4) is 0 Å². The SMILES string of the molecule is COCCN(CC(=O)Nc1cc(C(C)(C)C)nn1-c1ccc(OC)cc1)C(=O)Nc1cc(OC)cc(OC)c1. The number of amides is 3. The lowest BCUT2D eigenvalue weighted by Crippen LogP contribution is -2.42. The topological polar surface area (TPSA) is 116 Å². The van der Waals surface area contributed by atoms with Crippen molar-refractivity contribution in [1.29, 1.82) is 0 Å². The van der Waals surface area contributed by atoms with Gasteiger partial charge in [-0.05, 0) is 24.3 Å². The van der Waals surface area contributed by atoms with Gasteiger partial charge < -0.3 is 34.5 Å². The van der Waals surface area contributed by atoms with Crippen LogP contribution in [0.2, 0.25) is 0 Å². The van der Waals surface area contributed by atoms with Crippen molar-refractivity contribution in [2.75, 3.05) is 58.8 Å². The predicted octanol–water partition coefficient (Wildman–Crippen LogP) is 4.31. The molecule has 39 heavy (non-hydrogen) atoms. The highest BCUT2D eigenvalue weighted by Gasteiger charge is 2.23. The van der Waals surface area contributed by atoms with E-state index in [2.05, 4.69) is 10.6 Å². The minimum Gasteiger partial charge on any atom is -0.497 e. The number of anilines is 2. The van der Waals surface area contributed by atoms with Crippen molar-refractivity contribution in [3.05, 3.63) is 54.2 Å². The number of rotatable bonds is 11. The fourth-order valence-corrected chi connectivity index (χ4v) is 3.65. The molecule has 11 heteroatoms. The van der Waals surface area contributed by atoms with E-state index in [0.717, 1.165) is 11.4 Å². The zero-order valence-corrected chi connectivity index (χ0v) is 23.5. The largest absolute Gasteiger partial charge is 0.497 e. The summed E-state index contributed by atoms with van der Waals surface area (Å²) >= 11 is 0. The number of urea groups is 1. The molecule has 0 aliphatic heterocycles. The van der Waals surface area contributed by atoms with Crippen LogP contribution in [0, 0.1) is 0 Å². The zero-order valence-electron chi connectivity index (χ0n) is 23.5. The number of hydrogen-bond donors (Lipinski definition) is 2. The Morgan fingerprint density at radius 3 is 2.03 bits per heavy atom. The molecule has 1 aromatic heterocycles. The van der Waals surface area contributed by atoms with Gasteiger partial charge in [0.05, 0.1) is 39.3 Å². The molecular formula is C28H37N5O6. The van der Waals surface area contributed by atoms with Gasteiger partial charge in [-0.3, -0.25) is 4.79 Å². The van der Waals surface area contributed by atoms with Gasteiger partial charge in [0.1, 0.15) is 29.6 Å². The first-order valence-electron chi connectivity index (χ1n) is 12.4. The molecular weight excluding hydrogens is 502 g/mol. The monoisotopic (exact) mass is 539 g/mol. The Kier molecular flexibility index (Phi) is 9.78. The van der Waals surface area contributed by atoms with Gasteiger partial charge in [-0.25, -0.2) is 9.48 Å². The lowest BCUT2D eigenvalue weighted by molar-refractivity contribution is -0.116. The third kappa shape index (κ3) is 7.87. The van der Waals surface area contributed by atoms with Gasteiger partial charge in [0, 0.05) is 49.0 Å². The number of nitrogens with one attached hydrogen (secondary N) is 2. The molecule has 210 valence electrons. The van der Waals surface area contributed by atoms with Crippen molar-refractivity contribution in [3.63, 3.8) is 0 Å². The Morgan fingerprint density at radius 1 is 0.872 bits per heavy atom. The minimum absolute atomic E-state index is 0.196. The Bertz CT molecular complexity index is 1240. The molecule has 0 radical (unpaired) electrons. The van der Waals surface area contributed by atoms with Gasteiger partial charge >= 0.3 is 6.03 Å². The molecule has 0 saturated carbocycles. The summed E-state index contributed by atoms with van der Waals surface area (Å²) in [5.41, 5.74) is 1.77. The number of aromatic nitrogens is 2. The van der Waals surface area contributed by atoms with Crippen LogP contribution in [0.15, 0.2) is 48.5 Å². The second-order valence-corrected chi connectivity index (χ2v) is 9.77. The smallest absolute Gasteiger partial charge is 0.322 e. The van der Waals surface area contributed by atoms with Crippen LogP contribution in [0.1, 0.15) is 26.5 Å². The molecule has 2 aromatic carbocycles. The lowest BCUT2D eigenvalue weighted by Gasteiger charge is -2.22. The Balaban J connectivity index is 1.82. The average Bonchev–Trinajstić information content (AvgIpc) is 3.34. The molecule has 0 fully saturated rings. The van der Waals surface area contributed by atoms with E-state index in [1.165, 1.54) is 26.2 Å². The molecule has 3 aromatic rings. The van der Waals surface area contributed by atoms with Crippen LogP contribution in [0.25, 0.3) is 5.69 Å². The van der Waals surface area contributed by atoms with Gasteiger partial charge in [-0.15, -0.1) is 0 Å². The highest BCUT2D eigenvalue weighted by Crippen LogP contribution is 2.28. The third-order valence-electron chi connectivity index (χ3n) is 5.85. The molecule has 3 rings (SSSR count). The summed E-state index contributed by atoms with van der Waals surface area (Å²) in [5, 5.41) is 10.5. The maximum Gasteiger partial charge on any atom is 0.322 e. The summed E-state index contributed by atoms with van der Waals surface area (Å²) in [7, 11) is 6.18. The lowest BCUT2D eigenvalue weighted by atomic mass is 9.92. The van der Waals surface area contributed by atoms with Crippen LogP contribution < -0.4 is 24.8 Å². The first-order chi connectivity index (χ1) is 18.6. The molecule has 11 nitrogen and oxygen atoms in total. The molecule has 0 saturated heterocycles. The van der Waals surface area contributed by atoms with Crippen molar-refractivity contribution < 1.29 is 28.5 Å². The van der Waals surface area contributed by atoms with E-state index in [-0.39, 0.29) is 31.0 Å². The molecule has 0 aliphatic carbocycles. The molecule has 0 atom stereocenters. The Morgan fingerprint density at radius 2 is 1.49 bits per heavy atom. The summed E-state index contributed by atoms with van der Waals surface area (Å²) < 4.78 is 22.6. The van der Waals surface area contributed by atoms with E-state index in [1.54, 1.807) is 30.0 Å². The summed E-state index contributed by atoms with van der Waals surface area (Å²) in [5.74, 6) is 1.85. The summed E-state index contributed by atoms with van der Waals surface area (Å²) in [6, 6.07) is 13.7. The molecule has 1 heterocycles. The van der Waals surface area contributed by atoms with E-state index in [4.69, 9.17) is 24.0 Å². The van der Waals surface area contributed by atoms with Crippen molar-refractivity contribution in [3.8, 4) is 22.9 Å². The predicted molar refractivity (Wildman–Crippen MR) is 149 cm³/mol. The van der Waals surface area contributed by atoms with Gasteiger partial charge in [-0.1, -0.05) is 20.8 Å². The first kappa shape index (κ1) is 29.3. The first-order valence-corrected chi connectivity index (χ1v) is 12.4. The minimum atomic E-state index is -0.475. The number of ether oxygens (including phenoxy) is 4. The van der Waals surface area contributed by atoms with Crippen LogP contribution in [0.5, 0.6) is 17.2 Å². The fourth-order valence-electron chi connectivity index (χ4n) is 3.65. The van der Waals surface area contributed by atoms with Crippen molar-refractivity contribution >= 4 is 23.4 Å². The van der Waals surface area contributed by atoms with E-state index in [0.29, 0.717) is 28.8 Å². The van der Waals surface area contributed by atoms with Gasteiger partial charge in [0.25, 0.3) is 0 Å². The Hall–Kier alpha value is -4.25. The summed E-state index contributed by atoms with van der Waals surface area (Å²) in [6.45, 7) is 6.37. The number of nitrogens with zero attached hydrogens (tertiary/aromatic N) is 3. The number of hydrogen-bond acceptors (Lipinski definition) is 7. The van der Waals surface area contributed by atoms with Crippen LogP contribution in [-0.2, 0) is 14.9 Å². The zero-order chi connectivity index (χ0) is 28.6. The maximum absolute atomic E-state index is 13.2. The number of benzene rings is 2. The Labute approximate surface area is 229 Å². The quantitative estimate of drug-likeness (QED) is 0.373. The van der Waals surface area contributed by atoms with E-state index < -0.39 is 6.03 Å². The molecule has 0 aliphatic rings. The van der Waals surface area contributed by atoms with Crippen LogP contribution in [0.4, 0.5) is 16.3 Å². The molecule has 2 N–H and O–H groups in total. The maximum atomic E-state index is 13.2. The highest BCUT2D eigenvalue weighted by molar-refractivity contribution is 5.97. The summed E-state index contributed by atoms with van der Waals surface area (Å²) in [4.78, 5) is 27.7. The van der Waals surface area contributed by atoms with Gasteiger partial charge in [-0.2, -0.15) is 5.10 Å². The van der Waals surface area contributed by atoms with Crippen LogP contribution >= 0.6 is 0 Å². The molecule has 0 bridgehead atoms. The normalized spacial score (nSPS) is 11.1. The molecule has 0 unspecified atom stereocenters. The average molecular weight is 540 g/mol. The fraction of sp³-hybridized carbons (Fsp3) is 0.393. The summed E-state index contributed by atoms with van der Waals surface area (Å²) in [6.07, 6.45) is 0. The number of carbonyl (C=O) groups excluding carboxylic acids is 2. The standard InChI is InChI=1S/C28H37N5O6/c1-28(2,3)24-17-25(33(31-24)20-8-10-21(37-5)11-9-20)30-26(34)18-32(12-13-36-4)27(35)29-19-14-22(38-6)16-23(15-19)39-7/h8-11,14-17H,12-13,18H2,1-7H3,(H,29,35)(H,30,34). The second-order valence-electron chi connectivity index (χ2n) is 9.77.